The zero-order valence-corrected chi connectivity index (χ0v) is 11.3. The fraction of sp³-hybridized carbons (Fsp3) is 0.625. The molecule has 0 saturated heterocycles. The molecule has 1 aromatic carbocycles. The van der Waals surface area contributed by atoms with Crippen molar-refractivity contribution in [3.63, 3.8) is 0 Å². The highest BCUT2D eigenvalue weighted by molar-refractivity contribution is 5.26. The van der Waals surface area contributed by atoms with Gasteiger partial charge in [-0.3, -0.25) is 0 Å². The first-order chi connectivity index (χ1) is 7.61. The second-order valence-electron chi connectivity index (χ2n) is 5.37. The molecule has 16 heavy (non-hydrogen) atoms. The van der Waals surface area contributed by atoms with Crippen molar-refractivity contribution in [3.05, 3.63) is 35.4 Å². The Bertz CT molecular complexity index is 314. The predicted octanol–water partition coefficient (Wildman–Crippen LogP) is 5.14. The van der Waals surface area contributed by atoms with Crippen LogP contribution in [0.2, 0.25) is 0 Å². The molecule has 1 aromatic rings. The zero-order chi connectivity index (χ0) is 12.0. The SMILES string of the molecule is CCCCC(C)(CC)Cc1ccccc1C. The number of unbranched alkanes of at least 4 members (excludes halogenated alkanes) is 1. The molecule has 0 heteroatoms. The molecule has 0 fully saturated rings. The number of aryl methyl sites for hydroxylation is 1. The lowest BCUT2D eigenvalue weighted by atomic mass is 9.76. The van der Waals surface area contributed by atoms with E-state index in [0.717, 1.165) is 0 Å². The third-order valence-electron chi connectivity index (χ3n) is 3.87. The second kappa shape index (κ2) is 6.08. The van der Waals surface area contributed by atoms with Crippen molar-refractivity contribution < 1.29 is 0 Å². The fourth-order valence-corrected chi connectivity index (χ4v) is 2.26. The van der Waals surface area contributed by atoms with Crippen molar-refractivity contribution >= 4 is 0 Å². The van der Waals surface area contributed by atoms with E-state index in [1.54, 1.807) is 0 Å². The van der Waals surface area contributed by atoms with Crippen LogP contribution in [0.4, 0.5) is 0 Å². The van der Waals surface area contributed by atoms with Crippen molar-refractivity contribution in [2.75, 3.05) is 0 Å². The summed E-state index contributed by atoms with van der Waals surface area (Å²) in [6.45, 7) is 9.28. The van der Waals surface area contributed by atoms with E-state index in [4.69, 9.17) is 0 Å². The van der Waals surface area contributed by atoms with Crippen molar-refractivity contribution in [1.82, 2.24) is 0 Å². The topological polar surface area (TPSA) is 0 Å². The molecule has 0 nitrogen and oxygen atoms in total. The standard InChI is InChI=1S/C16H26/c1-5-7-12-16(4,6-2)13-15-11-9-8-10-14(15)3/h8-11H,5-7,12-13H2,1-4H3. The first-order valence-electron chi connectivity index (χ1n) is 6.66. The number of hydrogen-bond donors (Lipinski definition) is 0. The molecule has 0 aliphatic carbocycles. The van der Waals surface area contributed by atoms with E-state index in [-0.39, 0.29) is 0 Å². The minimum absolute atomic E-state index is 0.488. The van der Waals surface area contributed by atoms with Gasteiger partial charge >= 0.3 is 0 Å². The maximum absolute atomic E-state index is 2.44. The molecule has 1 unspecified atom stereocenters. The van der Waals surface area contributed by atoms with Crippen LogP contribution in [0.15, 0.2) is 24.3 Å². The van der Waals surface area contributed by atoms with Crippen LogP contribution < -0.4 is 0 Å². The van der Waals surface area contributed by atoms with Crippen LogP contribution in [0.3, 0.4) is 0 Å². The minimum atomic E-state index is 0.488. The van der Waals surface area contributed by atoms with Gasteiger partial charge in [0.05, 0.1) is 0 Å². The van der Waals surface area contributed by atoms with Gasteiger partial charge in [0, 0.05) is 0 Å². The molecule has 0 bridgehead atoms. The van der Waals surface area contributed by atoms with Gasteiger partial charge in [0.15, 0.2) is 0 Å². The van der Waals surface area contributed by atoms with Gasteiger partial charge < -0.3 is 0 Å². The lowest BCUT2D eigenvalue weighted by Gasteiger charge is -2.29. The monoisotopic (exact) mass is 218 g/mol. The Hall–Kier alpha value is -0.780. The summed E-state index contributed by atoms with van der Waals surface area (Å²) in [5.41, 5.74) is 3.46. The Morgan fingerprint density at radius 3 is 2.38 bits per heavy atom. The summed E-state index contributed by atoms with van der Waals surface area (Å²) in [6, 6.07) is 8.81. The van der Waals surface area contributed by atoms with Gasteiger partial charge in [0.25, 0.3) is 0 Å². The Labute approximate surface area is 101 Å². The van der Waals surface area contributed by atoms with Crippen LogP contribution in [0.25, 0.3) is 0 Å². The van der Waals surface area contributed by atoms with Crippen molar-refractivity contribution in [1.29, 1.82) is 0 Å². The Morgan fingerprint density at radius 1 is 1.12 bits per heavy atom. The van der Waals surface area contributed by atoms with Crippen LogP contribution >= 0.6 is 0 Å². The van der Waals surface area contributed by atoms with Crippen molar-refractivity contribution in [2.24, 2.45) is 5.41 Å². The summed E-state index contributed by atoms with van der Waals surface area (Å²) >= 11 is 0. The number of benzene rings is 1. The second-order valence-corrected chi connectivity index (χ2v) is 5.37. The summed E-state index contributed by atoms with van der Waals surface area (Å²) in [5, 5.41) is 0. The predicted molar refractivity (Wildman–Crippen MR) is 72.8 cm³/mol. The van der Waals surface area contributed by atoms with Gasteiger partial charge in [-0.25, -0.2) is 0 Å². The van der Waals surface area contributed by atoms with E-state index in [1.165, 1.54) is 43.2 Å². The van der Waals surface area contributed by atoms with Crippen LogP contribution in [0, 0.1) is 12.3 Å². The Balaban J connectivity index is 2.72. The normalized spacial score (nSPS) is 14.8. The highest BCUT2D eigenvalue weighted by atomic mass is 14.3. The number of rotatable bonds is 6. The van der Waals surface area contributed by atoms with Gasteiger partial charge in [0.1, 0.15) is 0 Å². The third kappa shape index (κ3) is 3.66. The molecule has 0 N–H and O–H groups in total. The zero-order valence-electron chi connectivity index (χ0n) is 11.3. The lowest BCUT2D eigenvalue weighted by molar-refractivity contribution is 0.273. The maximum atomic E-state index is 2.44. The van der Waals surface area contributed by atoms with Gasteiger partial charge in [0.2, 0.25) is 0 Å². The first-order valence-corrected chi connectivity index (χ1v) is 6.66. The van der Waals surface area contributed by atoms with Crippen LogP contribution in [0.5, 0.6) is 0 Å². The molecular formula is C16H26. The largest absolute Gasteiger partial charge is 0.0654 e. The van der Waals surface area contributed by atoms with E-state index in [0.29, 0.717) is 5.41 Å². The quantitative estimate of drug-likeness (QED) is 0.620. The number of hydrogen-bond acceptors (Lipinski definition) is 0. The molecule has 0 amide bonds. The molecule has 0 aliphatic rings. The molecule has 0 aliphatic heterocycles. The van der Waals surface area contributed by atoms with E-state index in [2.05, 4.69) is 52.0 Å². The van der Waals surface area contributed by atoms with E-state index >= 15 is 0 Å². The molecule has 90 valence electrons. The molecular weight excluding hydrogens is 192 g/mol. The minimum Gasteiger partial charge on any atom is -0.0654 e. The smallest absolute Gasteiger partial charge is 0.0222 e. The molecule has 1 atom stereocenters. The lowest BCUT2D eigenvalue weighted by Crippen LogP contribution is -2.19. The summed E-state index contributed by atoms with van der Waals surface area (Å²) < 4.78 is 0. The highest BCUT2D eigenvalue weighted by Crippen LogP contribution is 2.33. The average Bonchev–Trinajstić information content (AvgIpc) is 2.30. The summed E-state index contributed by atoms with van der Waals surface area (Å²) in [4.78, 5) is 0. The van der Waals surface area contributed by atoms with Crippen LogP contribution in [0.1, 0.15) is 57.6 Å². The van der Waals surface area contributed by atoms with Crippen molar-refractivity contribution in [2.45, 2.75) is 59.8 Å². The van der Waals surface area contributed by atoms with Crippen LogP contribution in [-0.4, -0.2) is 0 Å². The summed E-state index contributed by atoms with van der Waals surface area (Å²) in [7, 11) is 0. The molecule has 1 rings (SSSR count). The maximum Gasteiger partial charge on any atom is -0.0222 e. The van der Waals surface area contributed by atoms with Gasteiger partial charge in [-0.2, -0.15) is 0 Å². The molecule has 0 heterocycles. The first kappa shape index (κ1) is 13.3. The summed E-state index contributed by atoms with van der Waals surface area (Å²) in [5.74, 6) is 0. The average molecular weight is 218 g/mol. The Kier molecular flexibility index (Phi) is 5.05. The summed E-state index contributed by atoms with van der Waals surface area (Å²) in [6.07, 6.45) is 6.53. The third-order valence-corrected chi connectivity index (χ3v) is 3.87. The molecule has 0 aromatic heterocycles. The van der Waals surface area contributed by atoms with Gasteiger partial charge in [-0.15, -0.1) is 0 Å². The molecule has 0 radical (unpaired) electrons. The van der Waals surface area contributed by atoms with Gasteiger partial charge in [-0.1, -0.05) is 64.3 Å². The fourth-order valence-electron chi connectivity index (χ4n) is 2.26. The van der Waals surface area contributed by atoms with Gasteiger partial charge in [-0.05, 0) is 36.3 Å². The van der Waals surface area contributed by atoms with Crippen molar-refractivity contribution in [3.8, 4) is 0 Å². The highest BCUT2D eigenvalue weighted by Gasteiger charge is 2.22. The van der Waals surface area contributed by atoms with E-state index < -0.39 is 0 Å². The molecule has 0 spiro atoms. The molecule has 0 saturated carbocycles. The van der Waals surface area contributed by atoms with Crippen LogP contribution in [-0.2, 0) is 6.42 Å². The van der Waals surface area contributed by atoms with E-state index in [9.17, 15) is 0 Å². The van der Waals surface area contributed by atoms with E-state index in [1.807, 2.05) is 0 Å². The Morgan fingerprint density at radius 2 is 1.81 bits per heavy atom.